The van der Waals surface area contributed by atoms with Gasteiger partial charge in [0.15, 0.2) is 0 Å². The fraction of sp³-hybridized carbons (Fsp3) is 0.364. The molecule has 1 unspecified atom stereocenters. The second kappa shape index (κ2) is 5.86. The lowest BCUT2D eigenvalue weighted by Gasteiger charge is -2.17. The van der Waals surface area contributed by atoms with Gasteiger partial charge < -0.3 is 5.73 Å². The van der Waals surface area contributed by atoms with E-state index < -0.39 is 15.3 Å². The molecule has 1 aromatic rings. The standard InChI is InChI=1S/C11H15ClN2O2S2/c1-3-10(11(13)17)18(15,16)14-9-5-4-8(12)6-7(9)2/h4-6,10,14H,3H2,1-2H3,(H2,13,17). The first-order chi connectivity index (χ1) is 8.27. The van der Waals surface area contributed by atoms with Gasteiger partial charge in [-0.1, -0.05) is 30.7 Å². The van der Waals surface area contributed by atoms with E-state index in [2.05, 4.69) is 4.72 Å². The first-order valence-corrected chi connectivity index (χ1v) is 7.68. The summed E-state index contributed by atoms with van der Waals surface area (Å²) < 4.78 is 26.7. The van der Waals surface area contributed by atoms with Crippen molar-refractivity contribution < 1.29 is 8.42 Å². The van der Waals surface area contributed by atoms with E-state index in [9.17, 15) is 8.42 Å². The Morgan fingerprint density at radius 1 is 1.56 bits per heavy atom. The molecule has 0 saturated heterocycles. The predicted molar refractivity (Wildman–Crippen MR) is 79.6 cm³/mol. The third kappa shape index (κ3) is 3.57. The monoisotopic (exact) mass is 306 g/mol. The van der Waals surface area contributed by atoms with Crippen molar-refractivity contribution in [1.29, 1.82) is 0 Å². The summed E-state index contributed by atoms with van der Waals surface area (Å²) in [7, 11) is -3.62. The summed E-state index contributed by atoms with van der Waals surface area (Å²) in [6.45, 7) is 3.49. The molecule has 0 bridgehead atoms. The highest BCUT2D eigenvalue weighted by Crippen LogP contribution is 2.22. The number of aryl methyl sites for hydroxylation is 1. The van der Waals surface area contributed by atoms with Crippen LogP contribution in [-0.2, 0) is 10.0 Å². The highest BCUT2D eigenvalue weighted by atomic mass is 35.5. The van der Waals surface area contributed by atoms with Crippen LogP contribution < -0.4 is 10.5 Å². The van der Waals surface area contributed by atoms with Gasteiger partial charge in [0.05, 0.1) is 10.7 Å². The molecule has 0 radical (unpaired) electrons. The van der Waals surface area contributed by atoms with Crippen LogP contribution in [0.15, 0.2) is 18.2 Å². The Bertz CT molecular complexity index is 558. The molecule has 0 heterocycles. The van der Waals surface area contributed by atoms with E-state index in [1.54, 1.807) is 32.0 Å². The van der Waals surface area contributed by atoms with Crippen molar-refractivity contribution in [1.82, 2.24) is 0 Å². The smallest absolute Gasteiger partial charge is 0.242 e. The van der Waals surface area contributed by atoms with Crippen molar-refractivity contribution in [2.24, 2.45) is 5.73 Å². The van der Waals surface area contributed by atoms with Gasteiger partial charge in [-0.2, -0.15) is 0 Å². The number of hydrogen-bond donors (Lipinski definition) is 2. The normalized spacial score (nSPS) is 13.1. The molecule has 1 rings (SSSR count). The zero-order chi connectivity index (χ0) is 13.9. The van der Waals surface area contributed by atoms with Gasteiger partial charge in [-0.05, 0) is 37.1 Å². The van der Waals surface area contributed by atoms with Gasteiger partial charge in [-0.3, -0.25) is 4.72 Å². The minimum Gasteiger partial charge on any atom is -0.392 e. The second-order valence-electron chi connectivity index (χ2n) is 3.91. The summed E-state index contributed by atoms with van der Waals surface area (Å²) >= 11 is 10.6. The Balaban J connectivity index is 3.05. The van der Waals surface area contributed by atoms with Gasteiger partial charge in [-0.25, -0.2) is 8.42 Å². The number of thiocarbonyl (C=S) groups is 1. The van der Waals surface area contributed by atoms with Crippen LogP contribution in [0.25, 0.3) is 0 Å². The summed E-state index contributed by atoms with van der Waals surface area (Å²) in [4.78, 5) is -0.0309. The summed E-state index contributed by atoms with van der Waals surface area (Å²) in [5.74, 6) is 0. The van der Waals surface area contributed by atoms with Gasteiger partial charge in [0, 0.05) is 5.02 Å². The van der Waals surface area contributed by atoms with Crippen LogP contribution in [0.3, 0.4) is 0 Å². The number of sulfonamides is 1. The Hall–Kier alpha value is -0.850. The topological polar surface area (TPSA) is 72.2 Å². The number of nitrogens with two attached hydrogens (primary N) is 1. The zero-order valence-corrected chi connectivity index (χ0v) is 12.5. The minimum atomic E-state index is -3.62. The van der Waals surface area contributed by atoms with Crippen molar-refractivity contribution in [2.45, 2.75) is 25.5 Å². The molecule has 0 spiro atoms. The molecular weight excluding hydrogens is 292 g/mol. The van der Waals surface area contributed by atoms with Crippen LogP contribution in [-0.4, -0.2) is 18.7 Å². The van der Waals surface area contributed by atoms with E-state index in [-0.39, 0.29) is 4.99 Å². The predicted octanol–water partition coefficient (Wildman–Crippen LogP) is 2.45. The molecule has 0 amide bonds. The molecule has 1 atom stereocenters. The molecule has 7 heteroatoms. The summed E-state index contributed by atoms with van der Waals surface area (Å²) in [5, 5.41) is -0.320. The summed E-state index contributed by atoms with van der Waals surface area (Å²) in [5.41, 5.74) is 6.66. The van der Waals surface area contributed by atoms with Crippen LogP contribution in [0.1, 0.15) is 18.9 Å². The van der Waals surface area contributed by atoms with E-state index >= 15 is 0 Å². The van der Waals surface area contributed by atoms with Crippen molar-refractivity contribution in [3.8, 4) is 0 Å². The van der Waals surface area contributed by atoms with E-state index in [0.29, 0.717) is 17.1 Å². The molecule has 0 aliphatic carbocycles. The van der Waals surface area contributed by atoms with E-state index in [1.165, 1.54) is 0 Å². The van der Waals surface area contributed by atoms with Crippen LogP contribution in [0.4, 0.5) is 5.69 Å². The van der Waals surface area contributed by atoms with Crippen molar-refractivity contribution in [3.05, 3.63) is 28.8 Å². The highest BCUT2D eigenvalue weighted by Gasteiger charge is 2.26. The highest BCUT2D eigenvalue weighted by molar-refractivity contribution is 7.95. The number of anilines is 1. The lowest BCUT2D eigenvalue weighted by molar-refractivity contribution is 0.594. The van der Waals surface area contributed by atoms with Crippen molar-refractivity contribution in [3.63, 3.8) is 0 Å². The molecule has 0 fully saturated rings. The minimum absolute atomic E-state index is 0.0309. The first-order valence-electron chi connectivity index (χ1n) is 5.35. The molecule has 0 aromatic heterocycles. The third-order valence-electron chi connectivity index (χ3n) is 2.50. The van der Waals surface area contributed by atoms with Gasteiger partial charge >= 0.3 is 0 Å². The first kappa shape index (κ1) is 15.2. The van der Waals surface area contributed by atoms with E-state index in [4.69, 9.17) is 29.6 Å². The zero-order valence-electron chi connectivity index (χ0n) is 10.1. The number of hydrogen-bond acceptors (Lipinski definition) is 3. The Morgan fingerprint density at radius 3 is 2.61 bits per heavy atom. The summed E-state index contributed by atoms with van der Waals surface area (Å²) in [6, 6.07) is 4.91. The lowest BCUT2D eigenvalue weighted by atomic mass is 10.2. The lowest BCUT2D eigenvalue weighted by Crippen LogP contribution is -2.37. The Morgan fingerprint density at radius 2 is 2.17 bits per heavy atom. The molecular formula is C11H15ClN2O2S2. The molecule has 100 valence electrons. The van der Waals surface area contributed by atoms with Crippen molar-refractivity contribution in [2.75, 3.05) is 4.72 Å². The molecule has 4 nitrogen and oxygen atoms in total. The van der Waals surface area contributed by atoms with Gasteiger partial charge in [0.2, 0.25) is 10.0 Å². The quantitative estimate of drug-likeness (QED) is 0.820. The molecule has 0 saturated carbocycles. The number of benzene rings is 1. The summed E-state index contributed by atoms with van der Waals surface area (Å²) in [6.07, 6.45) is 0.331. The van der Waals surface area contributed by atoms with Gasteiger partial charge in [0.1, 0.15) is 5.25 Å². The van der Waals surface area contributed by atoms with E-state index in [1.807, 2.05) is 0 Å². The molecule has 0 aliphatic heterocycles. The maximum atomic E-state index is 12.1. The molecule has 0 aliphatic rings. The fourth-order valence-electron chi connectivity index (χ4n) is 1.54. The SMILES string of the molecule is CCC(C(N)=S)S(=O)(=O)Nc1ccc(Cl)cc1C. The molecule has 1 aromatic carbocycles. The van der Waals surface area contributed by atoms with Crippen molar-refractivity contribution >= 4 is 44.5 Å². The van der Waals surface area contributed by atoms with Crippen LogP contribution in [0.5, 0.6) is 0 Å². The van der Waals surface area contributed by atoms with Gasteiger partial charge in [-0.15, -0.1) is 0 Å². The third-order valence-corrected chi connectivity index (χ3v) is 5.01. The van der Waals surface area contributed by atoms with Crippen LogP contribution in [0.2, 0.25) is 5.02 Å². The molecule has 3 N–H and O–H groups in total. The maximum Gasteiger partial charge on any atom is 0.242 e. The number of nitrogens with one attached hydrogen (secondary N) is 1. The number of rotatable bonds is 5. The molecule has 18 heavy (non-hydrogen) atoms. The Kier molecular flexibility index (Phi) is 4.95. The van der Waals surface area contributed by atoms with Crippen LogP contribution >= 0.6 is 23.8 Å². The Labute approximate surface area is 118 Å². The second-order valence-corrected chi connectivity index (χ2v) is 6.68. The maximum absolute atomic E-state index is 12.1. The van der Waals surface area contributed by atoms with Gasteiger partial charge in [0.25, 0.3) is 0 Å². The van der Waals surface area contributed by atoms with Crippen LogP contribution in [0, 0.1) is 6.92 Å². The van der Waals surface area contributed by atoms with E-state index in [0.717, 1.165) is 5.56 Å². The fourth-order valence-corrected chi connectivity index (χ4v) is 3.74. The average molecular weight is 307 g/mol. The largest absolute Gasteiger partial charge is 0.392 e. The number of halogens is 1. The average Bonchev–Trinajstić information content (AvgIpc) is 2.22.